The molecule has 0 unspecified atom stereocenters. The Morgan fingerprint density at radius 1 is 0.897 bits per heavy atom. The predicted octanol–water partition coefficient (Wildman–Crippen LogP) is 5.38. The first-order valence-electron chi connectivity index (χ1n) is 13.4. The van der Waals surface area contributed by atoms with Gasteiger partial charge in [-0.15, -0.1) is 0 Å². The summed E-state index contributed by atoms with van der Waals surface area (Å²) >= 11 is 0. The van der Waals surface area contributed by atoms with Gasteiger partial charge in [0.25, 0.3) is 8.32 Å². The molecule has 3 aromatic rings. The van der Waals surface area contributed by atoms with Crippen LogP contribution in [0.15, 0.2) is 83.5 Å². The van der Waals surface area contributed by atoms with Crippen LogP contribution in [0.25, 0.3) is 0 Å². The molecule has 210 valence electrons. The minimum Gasteiger partial charge on any atom is -0.467 e. The van der Waals surface area contributed by atoms with E-state index in [-0.39, 0.29) is 22.9 Å². The number of likely N-dealkylation sites (N-methyl/N-ethyl adjacent to an activating group) is 2. The molecule has 2 amide bonds. The van der Waals surface area contributed by atoms with Crippen molar-refractivity contribution < 1.29 is 23.5 Å². The molecule has 0 fully saturated rings. The fourth-order valence-corrected chi connectivity index (χ4v) is 9.97. The van der Waals surface area contributed by atoms with Crippen LogP contribution in [0.1, 0.15) is 52.8 Å². The molecule has 0 bridgehead atoms. The van der Waals surface area contributed by atoms with Crippen LogP contribution in [0, 0.1) is 5.92 Å². The lowest BCUT2D eigenvalue weighted by Crippen LogP contribution is -2.66. The van der Waals surface area contributed by atoms with Crippen molar-refractivity contribution in [2.45, 2.75) is 58.2 Å². The lowest BCUT2D eigenvalue weighted by molar-refractivity contribution is -0.138. The van der Waals surface area contributed by atoms with E-state index >= 15 is 0 Å². The van der Waals surface area contributed by atoms with Gasteiger partial charge in [0.2, 0.25) is 5.91 Å². The van der Waals surface area contributed by atoms with Crippen LogP contribution in [0.2, 0.25) is 5.04 Å². The summed E-state index contributed by atoms with van der Waals surface area (Å²) in [4.78, 5) is 27.4. The van der Waals surface area contributed by atoms with Gasteiger partial charge >= 0.3 is 6.09 Å². The first-order valence-corrected chi connectivity index (χ1v) is 15.3. The molecular weight excluding hydrogens is 508 g/mol. The van der Waals surface area contributed by atoms with Crippen LogP contribution < -0.4 is 10.4 Å². The molecule has 8 heteroatoms. The average molecular weight is 551 g/mol. The van der Waals surface area contributed by atoms with E-state index in [2.05, 4.69) is 76.2 Å². The van der Waals surface area contributed by atoms with Crippen molar-refractivity contribution in [1.82, 2.24) is 9.80 Å². The molecule has 0 saturated heterocycles. The standard InChI is InChI=1S/C31H42N2O5Si/c1-23(28(27-19-14-21-37-27)33(7)29(34)24(2)32(6)30(35)36)20-22-38-39(31(3,4)5,25-15-10-8-11-16-25)26-17-12-9-13-18-26/h8-19,21,23-24,28H,20,22H2,1-7H3,(H,35,36)/t23-,24+,28+/m1/s1. The van der Waals surface area contributed by atoms with Crippen LogP contribution in [-0.2, 0) is 9.22 Å². The maximum Gasteiger partial charge on any atom is 0.407 e. The molecule has 0 spiro atoms. The van der Waals surface area contributed by atoms with Crippen molar-refractivity contribution in [3.05, 3.63) is 84.8 Å². The summed E-state index contributed by atoms with van der Waals surface area (Å²) in [6.07, 6.45) is 1.13. The monoisotopic (exact) mass is 550 g/mol. The third kappa shape index (κ3) is 6.45. The molecule has 7 nitrogen and oxygen atoms in total. The Kier molecular flexibility index (Phi) is 9.80. The molecule has 0 aliphatic carbocycles. The zero-order valence-corrected chi connectivity index (χ0v) is 25.1. The van der Waals surface area contributed by atoms with Gasteiger partial charge in [0.05, 0.1) is 12.3 Å². The number of carboxylic acid groups (broad SMARTS) is 1. The third-order valence-corrected chi connectivity index (χ3v) is 12.7. The van der Waals surface area contributed by atoms with Gasteiger partial charge in [-0.2, -0.15) is 0 Å². The van der Waals surface area contributed by atoms with Gasteiger partial charge in [-0.05, 0) is 46.8 Å². The molecule has 0 saturated carbocycles. The zero-order valence-electron chi connectivity index (χ0n) is 24.1. The molecule has 3 atom stereocenters. The SMILES string of the molecule is C[C@H](CCO[Si](c1ccccc1)(c1ccccc1)C(C)(C)C)[C@@H](c1ccco1)N(C)C(=O)[C@H](C)N(C)C(=O)O. The Balaban J connectivity index is 1.89. The van der Waals surface area contributed by atoms with Gasteiger partial charge < -0.3 is 18.8 Å². The lowest BCUT2D eigenvalue weighted by atomic mass is 9.94. The Labute approximate surface area is 233 Å². The third-order valence-electron chi connectivity index (χ3n) is 7.69. The average Bonchev–Trinajstić information content (AvgIpc) is 3.44. The van der Waals surface area contributed by atoms with Gasteiger partial charge in [0.1, 0.15) is 11.8 Å². The second kappa shape index (κ2) is 12.7. The Morgan fingerprint density at radius 3 is 1.87 bits per heavy atom. The Hall–Kier alpha value is -3.36. The van der Waals surface area contributed by atoms with Crippen LogP contribution in [0.4, 0.5) is 4.79 Å². The van der Waals surface area contributed by atoms with E-state index in [1.165, 1.54) is 17.4 Å². The van der Waals surface area contributed by atoms with E-state index in [0.717, 1.165) is 4.90 Å². The van der Waals surface area contributed by atoms with Crippen LogP contribution in [0.3, 0.4) is 0 Å². The van der Waals surface area contributed by atoms with Gasteiger partial charge in [-0.3, -0.25) is 9.69 Å². The summed E-state index contributed by atoms with van der Waals surface area (Å²) in [5.41, 5.74) is 0. The van der Waals surface area contributed by atoms with Crippen molar-refractivity contribution >= 4 is 30.7 Å². The quantitative estimate of drug-likeness (QED) is 0.324. The number of benzene rings is 2. The number of rotatable bonds is 11. The summed E-state index contributed by atoms with van der Waals surface area (Å²) < 4.78 is 12.8. The van der Waals surface area contributed by atoms with Crippen molar-refractivity contribution in [3.8, 4) is 0 Å². The molecule has 3 rings (SSSR count). The minimum absolute atomic E-state index is 0.0225. The normalized spacial score (nSPS) is 14.3. The molecule has 0 aliphatic heterocycles. The molecule has 39 heavy (non-hydrogen) atoms. The molecule has 0 radical (unpaired) electrons. The van der Waals surface area contributed by atoms with Gasteiger partial charge in [0, 0.05) is 20.7 Å². The highest BCUT2D eigenvalue weighted by molar-refractivity contribution is 6.99. The summed E-state index contributed by atoms with van der Waals surface area (Å²) in [7, 11) is 0.427. The summed E-state index contributed by atoms with van der Waals surface area (Å²) in [5, 5.41) is 11.7. The first-order chi connectivity index (χ1) is 18.4. The molecule has 1 N–H and O–H groups in total. The minimum atomic E-state index is -2.69. The van der Waals surface area contributed by atoms with E-state index in [9.17, 15) is 14.7 Å². The fourth-order valence-electron chi connectivity index (χ4n) is 5.39. The van der Waals surface area contributed by atoms with Crippen molar-refractivity contribution in [2.75, 3.05) is 20.7 Å². The molecular formula is C31H42N2O5Si. The van der Waals surface area contributed by atoms with Crippen molar-refractivity contribution in [3.63, 3.8) is 0 Å². The van der Waals surface area contributed by atoms with E-state index in [0.29, 0.717) is 18.8 Å². The number of carbonyl (C=O) groups is 2. The first kappa shape index (κ1) is 30.2. The smallest absolute Gasteiger partial charge is 0.407 e. The van der Waals surface area contributed by atoms with E-state index in [1.807, 2.05) is 18.2 Å². The van der Waals surface area contributed by atoms with Crippen LogP contribution in [0.5, 0.6) is 0 Å². The van der Waals surface area contributed by atoms with Gasteiger partial charge in [-0.1, -0.05) is 88.4 Å². The highest BCUT2D eigenvalue weighted by atomic mass is 28.4. The van der Waals surface area contributed by atoms with Gasteiger partial charge in [0.15, 0.2) is 0 Å². The second-order valence-corrected chi connectivity index (χ2v) is 15.6. The predicted molar refractivity (Wildman–Crippen MR) is 157 cm³/mol. The lowest BCUT2D eigenvalue weighted by Gasteiger charge is -2.43. The number of hydrogen-bond acceptors (Lipinski definition) is 4. The van der Waals surface area contributed by atoms with Gasteiger partial charge in [-0.25, -0.2) is 4.79 Å². The Bertz CT molecular complexity index is 1160. The number of amides is 2. The molecule has 1 aromatic heterocycles. The summed E-state index contributed by atoms with van der Waals surface area (Å²) in [6, 6.07) is 23.5. The van der Waals surface area contributed by atoms with Crippen LogP contribution >= 0.6 is 0 Å². The molecule has 1 heterocycles. The summed E-state index contributed by atoms with van der Waals surface area (Å²) in [6.45, 7) is 10.9. The maximum absolute atomic E-state index is 13.3. The van der Waals surface area contributed by atoms with Crippen molar-refractivity contribution in [2.24, 2.45) is 5.92 Å². The number of nitrogens with zero attached hydrogens (tertiary/aromatic N) is 2. The highest BCUT2D eigenvalue weighted by Crippen LogP contribution is 2.38. The molecule has 2 aromatic carbocycles. The second-order valence-electron chi connectivity index (χ2n) is 11.3. The topological polar surface area (TPSA) is 83.2 Å². The van der Waals surface area contributed by atoms with E-state index in [4.69, 9.17) is 8.84 Å². The zero-order chi connectivity index (χ0) is 28.8. The van der Waals surface area contributed by atoms with Crippen LogP contribution in [-0.4, -0.2) is 62.0 Å². The largest absolute Gasteiger partial charge is 0.467 e. The fraction of sp³-hybridized carbons (Fsp3) is 0.419. The number of furan rings is 1. The maximum atomic E-state index is 13.3. The molecule has 0 aliphatic rings. The van der Waals surface area contributed by atoms with Crippen molar-refractivity contribution in [1.29, 1.82) is 0 Å². The van der Waals surface area contributed by atoms with E-state index < -0.39 is 20.5 Å². The number of carbonyl (C=O) groups excluding carboxylic acids is 1. The number of hydrogen-bond donors (Lipinski definition) is 1. The highest BCUT2D eigenvalue weighted by Gasteiger charge is 2.50. The summed E-state index contributed by atoms with van der Waals surface area (Å²) in [5.74, 6) is 0.348. The Morgan fingerprint density at radius 2 is 1.44 bits per heavy atom. The van der Waals surface area contributed by atoms with E-state index in [1.54, 1.807) is 31.2 Å².